The van der Waals surface area contributed by atoms with Gasteiger partial charge in [0.2, 0.25) is 5.95 Å². The van der Waals surface area contributed by atoms with Crippen molar-refractivity contribution in [3.05, 3.63) is 170 Å². The zero-order valence-electron chi connectivity index (χ0n) is 29.4. The first-order chi connectivity index (χ1) is 27.3. The van der Waals surface area contributed by atoms with Crippen LogP contribution in [0.4, 0.5) is 0 Å². The zero-order valence-corrected chi connectivity index (χ0v) is 30.2. The van der Waals surface area contributed by atoms with Crippen LogP contribution in [0, 0.1) is 0 Å². The van der Waals surface area contributed by atoms with Gasteiger partial charge in [-0.3, -0.25) is 4.57 Å². The first-order valence-corrected chi connectivity index (χ1v) is 19.5. The molecule has 13 aromatic rings. The number of hydrogen-bond acceptors (Lipinski definition) is 3. The van der Waals surface area contributed by atoms with Crippen molar-refractivity contribution in [2.24, 2.45) is 0 Å². The summed E-state index contributed by atoms with van der Waals surface area (Å²) in [6.07, 6.45) is 0. The van der Waals surface area contributed by atoms with Crippen molar-refractivity contribution in [3.63, 3.8) is 0 Å². The van der Waals surface area contributed by atoms with Crippen LogP contribution in [0.15, 0.2) is 170 Å². The monoisotopic (exact) mass is 716 g/mol. The minimum Gasteiger partial charge on any atom is -0.308 e. The number of aromatic nitrogens is 4. The first-order valence-electron chi connectivity index (χ1n) is 18.7. The van der Waals surface area contributed by atoms with Gasteiger partial charge < -0.3 is 4.40 Å². The maximum absolute atomic E-state index is 5.61. The smallest absolute Gasteiger partial charge is 0.236 e. The van der Waals surface area contributed by atoms with Crippen LogP contribution in [0.2, 0.25) is 0 Å². The van der Waals surface area contributed by atoms with Crippen molar-refractivity contribution in [2.45, 2.75) is 0 Å². The van der Waals surface area contributed by atoms with Gasteiger partial charge in [0.1, 0.15) is 4.83 Å². The summed E-state index contributed by atoms with van der Waals surface area (Å²) >= 11 is 1.74. The van der Waals surface area contributed by atoms with Gasteiger partial charge in [-0.15, -0.1) is 11.3 Å². The quantitative estimate of drug-likeness (QED) is 0.182. The van der Waals surface area contributed by atoms with Crippen LogP contribution < -0.4 is 0 Å². The lowest BCUT2D eigenvalue weighted by Crippen LogP contribution is -2.02. The lowest BCUT2D eigenvalue weighted by atomic mass is 9.99. The number of fused-ring (bicyclic) bond motifs is 15. The number of para-hydroxylation sites is 2. The standard InChI is InChI=1S/C50H28N4S/c1-2-12-29(13-3-1)30-22-24-32(25-23-30)47-45-36-18-8-11-21-42(36)55-49(45)52-50(51-47)54-40-27-26-31-14-4-5-15-33(31)43(40)46-41(54)28-37-34-16-6-9-19-38(34)53-39-20-10-7-17-35(39)44(46)48(37)53/h1-28H. The van der Waals surface area contributed by atoms with Gasteiger partial charge in [-0.1, -0.05) is 140 Å². The minimum atomic E-state index is 0.679. The molecule has 0 amide bonds. The number of benzene rings is 8. The van der Waals surface area contributed by atoms with Crippen LogP contribution in [0.5, 0.6) is 0 Å². The van der Waals surface area contributed by atoms with Crippen LogP contribution >= 0.6 is 11.3 Å². The highest BCUT2D eigenvalue weighted by atomic mass is 32.1. The topological polar surface area (TPSA) is 35.1 Å². The van der Waals surface area contributed by atoms with E-state index in [0.29, 0.717) is 5.95 Å². The molecular weight excluding hydrogens is 689 g/mol. The van der Waals surface area contributed by atoms with Gasteiger partial charge in [0.25, 0.3) is 0 Å². The molecule has 8 aromatic carbocycles. The van der Waals surface area contributed by atoms with Crippen molar-refractivity contribution in [1.29, 1.82) is 0 Å². The second kappa shape index (κ2) is 10.8. The average molecular weight is 717 g/mol. The molecule has 0 saturated carbocycles. The van der Waals surface area contributed by atoms with Gasteiger partial charge in [-0.25, -0.2) is 9.97 Å². The van der Waals surface area contributed by atoms with E-state index < -0.39 is 0 Å². The third-order valence-electron chi connectivity index (χ3n) is 11.7. The minimum absolute atomic E-state index is 0.679. The Morgan fingerprint density at radius 1 is 0.400 bits per heavy atom. The van der Waals surface area contributed by atoms with E-state index in [-0.39, 0.29) is 0 Å². The SMILES string of the molecule is c1ccc(-c2ccc(-c3nc(-n4c5ccc6ccccc6c5c5c6c7ccccc7n7c8ccccc8c(cc54)c67)nc4sc5ccccc5c34)cc2)cc1. The number of nitrogens with zero attached hydrogens (tertiary/aromatic N) is 4. The summed E-state index contributed by atoms with van der Waals surface area (Å²) in [6.45, 7) is 0. The fraction of sp³-hybridized carbons (Fsp3) is 0. The Morgan fingerprint density at radius 3 is 1.89 bits per heavy atom. The highest BCUT2D eigenvalue weighted by molar-refractivity contribution is 7.25. The van der Waals surface area contributed by atoms with Crippen LogP contribution in [-0.4, -0.2) is 18.9 Å². The lowest BCUT2D eigenvalue weighted by molar-refractivity contribution is 1.02. The molecule has 0 unspecified atom stereocenters. The van der Waals surface area contributed by atoms with E-state index in [1.807, 2.05) is 0 Å². The number of thiophene rings is 1. The molecule has 0 bridgehead atoms. The maximum Gasteiger partial charge on any atom is 0.236 e. The second-order valence-electron chi connectivity index (χ2n) is 14.5. The Bertz CT molecular complexity index is 3700. The molecule has 0 atom stereocenters. The van der Waals surface area contributed by atoms with Gasteiger partial charge in [0.15, 0.2) is 0 Å². The summed E-state index contributed by atoms with van der Waals surface area (Å²) in [5.74, 6) is 0.679. The summed E-state index contributed by atoms with van der Waals surface area (Å²) in [5, 5.41) is 12.2. The summed E-state index contributed by atoms with van der Waals surface area (Å²) in [6, 6.07) is 61.4. The molecule has 0 saturated heterocycles. The highest BCUT2D eigenvalue weighted by Gasteiger charge is 2.26. The fourth-order valence-electron chi connectivity index (χ4n) is 9.36. The molecule has 13 rings (SSSR count). The molecule has 5 heteroatoms. The van der Waals surface area contributed by atoms with Gasteiger partial charge in [-0.05, 0) is 52.2 Å². The molecule has 254 valence electrons. The maximum atomic E-state index is 5.61. The van der Waals surface area contributed by atoms with E-state index in [2.05, 4.69) is 179 Å². The van der Waals surface area contributed by atoms with Gasteiger partial charge >= 0.3 is 0 Å². The molecule has 0 aliphatic heterocycles. The van der Waals surface area contributed by atoms with Crippen LogP contribution in [0.25, 0.3) is 119 Å². The predicted octanol–water partition coefficient (Wildman–Crippen LogP) is 13.6. The average Bonchev–Trinajstić information content (AvgIpc) is 3.99. The molecule has 0 fully saturated rings. The van der Waals surface area contributed by atoms with E-state index in [1.54, 1.807) is 11.3 Å². The molecule has 55 heavy (non-hydrogen) atoms. The third kappa shape index (κ3) is 3.89. The molecular formula is C50H28N4S. The Kier molecular flexibility index (Phi) is 5.74. The largest absolute Gasteiger partial charge is 0.308 e. The zero-order chi connectivity index (χ0) is 35.8. The summed E-state index contributed by atoms with van der Waals surface area (Å²) in [5.41, 5.74) is 10.3. The van der Waals surface area contributed by atoms with Crippen molar-refractivity contribution in [3.8, 4) is 28.3 Å². The second-order valence-corrected chi connectivity index (χ2v) is 15.6. The normalized spacial score (nSPS) is 12.4. The van der Waals surface area contributed by atoms with Gasteiger partial charge in [0.05, 0.1) is 33.3 Å². The van der Waals surface area contributed by atoms with Crippen molar-refractivity contribution in [1.82, 2.24) is 18.9 Å². The Hall–Kier alpha value is -7.08. The van der Waals surface area contributed by atoms with E-state index in [1.165, 1.54) is 80.9 Å². The molecule has 4 nitrogen and oxygen atoms in total. The van der Waals surface area contributed by atoms with Crippen molar-refractivity contribution < 1.29 is 0 Å². The molecule has 0 aliphatic rings. The third-order valence-corrected chi connectivity index (χ3v) is 12.7. The Labute approximate surface area is 318 Å². The van der Waals surface area contributed by atoms with E-state index in [0.717, 1.165) is 32.5 Å². The van der Waals surface area contributed by atoms with Gasteiger partial charge in [0, 0.05) is 53.4 Å². The fourth-order valence-corrected chi connectivity index (χ4v) is 10.4. The lowest BCUT2D eigenvalue weighted by Gasteiger charge is -2.11. The van der Waals surface area contributed by atoms with E-state index in [4.69, 9.17) is 9.97 Å². The summed E-state index contributed by atoms with van der Waals surface area (Å²) in [7, 11) is 0. The molecule has 0 aliphatic carbocycles. The summed E-state index contributed by atoms with van der Waals surface area (Å²) < 4.78 is 6.02. The predicted molar refractivity (Wildman–Crippen MR) is 232 cm³/mol. The molecule has 0 spiro atoms. The van der Waals surface area contributed by atoms with Crippen molar-refractivity contribution >= 4 is 102 Å². The Morgan fingerprint density at radius 2 is 1.05 bits per heavy atom. The van der Waals surface area contributed by atoms with Crippen molar-refractivity contribution in [2.75, 3.05) is 0 Å². The Balaban J connectivity index is 1.21. The van der Waals surface area contributed by atoms with E-state index in [9.17, 15) is 0 Å². The highest BCUT2D eigenvalue weighted by Crippen LogP contribution is 2.48. The number of hydrogen-bond donors (Lipinski definition) is 0. The first kappa shape index (κ1) is 29.4. The number of rotatable bonds is 3. The molecule has 0 radical (unpaired) electrons. The molecule has 0 N–H and O–H groups in total. The van der Waals surface area contributed by atoms with Crippen LogP contribution in [0.3, 0.4) is 0 Å². The molecule has 5 aromatic heterocycles. The van der Waals surface area contributed by atoms with Crippen LogP contribution in [-0.2, 0) is 0 Å². The van der Waals surface area contributed by atoms with Crippen LogP contribution in [0.1, 0.15) is 0 Å². The van der Waals surface area contributed by atoms with E-state index >= 15 is 0 Å². The van der Waals surface area contributed by atoms with Gasteiger partial charge in [-0.2, -0.15) is 0 Å². The summed E-state index contributed by atoms with van der Waals surface area (Å²) in [4.78, 5) is 12.1. The molecule has 5 heterocycles.